The molecule has 0 saturated carbocycles. The van der Waals surface area contributed by atoms with Crippen LogP contribution < -0.4 is 5.32 Å². The number of imide groups is 1. The van der Waals surface area contributed by atoms with Gasteiger partial charge in [-0.05, 0) is 19.1 Å². The van der Waals surface area contributed by atoms with Gasteiger partial charge in [-0.25, -0.2) is 0 Å². The fraction of sp³-hybridized carbons (Fsp3) is 0.200. The number of hydrogen-bond acceptors (Lipinski definition) is 5. The minimum Gasteiger partial charge on any atom is -0.326 e. The minimum absolute atomic E-state index is 0.126. The topological polar surface area (TPSA) is 83.6 Å². The first-order chi connectivity index (χ1) is 12.9. The zero-order valence-corrected chi connectivity index (χ0v) is 15.5. The summed E-state index contributed by atoms with van der Waals surface area (Å²) in [6.07, 6.45) is -0.126. The second kappa shape index (κ2) is 8.18. The lowest BCUT2D eigenvalue weighted by atomic mass is 10.1. The SMILES string of the molecule is Cc1ccc(NC(=O)CC2SC(=O)N(CC(=O)c3ccccc3)C2=O)cc1. The molecule has 1 heterocycles. The summed E-state index contributed by atoms with van der Waals surface area (Å²) in [5, 5.41) is 1.40. The van der Waals surface area contributed by atoms with E-state index in [0.29, 0.717) is 11.3 Å². The zero-order chi connectivity index (χ0) is 19.4. The highest BCUT2D eigenvalue weighted by molar-refractivity contribution is 8.15. The molecule has 1 saturated heterocycles. The third-order valence-corrected chi connectivity index (χ3v) is 5.18. The third-order valence-electron chi connectivity index (χ3n) is 4.11. The van der Waals surface area contributed by atoms with Gasteiger partial charge < -0.3 is 5.32 Å². The number of Topliss-reactive ketones (excluding diaryl/α,β-unsaturated/α-hetero) is 1. The molecule has 0 radical (unpaired) electrons. The molecule has 0 spiro atoms. The van der Waals surface area contributed by atoms with Crippen LogP contribution in [0.25, 0.3) is 0 Å². The number of carbonyl (C=O) groups excluding carboxylic acids is 4. The molecular formula is C20H18N2O4S. The normalized spacial score (nSPS) is 16.5. The molecule has 6 nitrogen and oxygen atoms in total. The number of rotatable bonds is 6. The quantitative estimate of drug-likeness (QED) is 0.775. The van der Waals surface area contributed by atoms with Crippen molar-refractivity contribution in [3.63, 3.8) is 0 Å². The molecule has 2 aromatic rings. The smallest absolute Gasteiger partial charge is 0.289 e. The van der Waals surface area contributed by atoms with Crippen LogP contribution in [0.5, 0.6) is 0 Å². The summed E-state index contributed by atoms with van der Waals surface area (Å²) in [5.74, 6) is -1.18. The fourth-order valence-electron chi connectivity index (χ4n) is 2.65. The van der Waals surface area contributed by atoms with E-state index in [0.717, 1.165) is 22.2 Å². The Hall–Kier alpha value is -2.93. The predicted molar refractivity (Wildman–Crippen MR) is 104 cm³/mol. The highest BCUT2D eigenvalue weighted by Crippen LogP contribution is 2.29. The monoisotopic (exact) mass is 382 g/mol. The van der Waals surface area contributed by atoms with Crippen LogP contribution in [0.1, 0.15) is 22.3 Å². The molecule has 1 unspecified atom stereocenters. The summed E-state index contributed by atoms with van der Waals surface area (Å²) in [7, 11) is 0. The van der Waals surface area contributed by atoms with Crippen LogP contribution in [-0.2, 0) is 9.59 Å². The van der Waals surface area contributed by atoms with Crippen molar-refractivity contribution in [2.24, 2.45) is 0 Å². The molecule has 2 aromatic carbocycles. The van der Waals surface area contributed by atoms with Crippen molar-refractivity contribution in [2.75, 3.05) is 11.9 Å². The van der Waals surface area contributed by atoms with Crippen molar-refractivity contribution in [3.05, 3.63) is 65.7 Å². The van der Waals surface area contributed by atoms with E-state index >= 15 is 0 Å². The van der Waals surface area contributed by atoms with Crippen LogP contribution in [0.4, 0.5) is 10.5 Å². The fourth-order valence-corrected chi connectivity index (χ4v) is 3.64. The van der Waals surface area contributed by atoms with Gasteiger partial charge in [0.1, 0.15) is 5.25 Å². The molecule has 1 aliphatic rings. The highest BCUT2D eigenvalue weighted by Gasteiger charge is 2.41. The lowest BCUT2D eigenvalue weighted by Gasteiger charge is -2.13. The Balaban J connectivity index is 1.59. The molecule has 1 N–H and O–H groups in total. The van der Waals surface area contributed by atoms with Crippen molar-refractivity contribution in [3.8, 4) is 0 Å². The number of hydrogen-bond donors (Lipinski definition) is 1. The van der Waals surface area contributed by atoms with Gasteiger partial charge in [-0.1, -0.05) is 59.8 Å². The van der Waals surface area contributed by atoms with Crippen LogP contribution in [0.2, 0.25) is 0 Å². The molecular weight excluding hydrogens is 364 g/mol. The van der Waals surface area contributed by atoms with E-state index in [4.69, 9.17) is 0 Å². The van der Waals surface area contributed by atoms with Crippen molar-refractivity contribution >= 4 is 40.3 Å². The van der Waals surface area contributed by atoms with Gasteiger partial charge in [0.25, 0.3) is 5.24 Å². The highest BCUT2D eigenvalue weighted by atomic mass is 32.2. The number of amides is 3. The minimum atomic E-state index is -0.813. The van der Waals surface area contributed by atoms with Gasteiger partial charge in [-0.3, -0.25) is 24.1 Å². The molecule has 7 heteroatoms. The van der Waals surface area contributed by atoms with Crippen LogP contribution >= 0.6 is 11.8 Å². The Kier molecular flexibility index (Phi) is 5.71. The van der Waals surface area contributed by atoms with Crippen LogP contribution in [0.15, 0.2) is 54.6 Å². The predicted octanol–water partition coefficient (Wildman–Crippen LogP) is 3.27. The second-order valence-electron chi connectivity index (χ2n) is 6.20. The van der Waals surface area contributed by atoms with E-state index in [1.54, 1.807) is 42.5 Å². The molecule has 138 valence electrons. The summed E-state index contributed by atoms with van der Waals surface area (Å²) >= 11 is 0.785. The Morgan fingerprint density at radius 3 is 2.37 bits per heavy atom. The number of aryl methyl sites for hydroxylation is 1. The number of nitrogens with zero attached hydrogens (tertiary/aromatic N) is 1. The molecule has 3 rings (SSSR count). The molecule has 0 aliphatic carbocycles. The number of anilines is 1. The average molecular weight is 382 g/mol. The van der Waals surface area contributed by atoms with Crippen LogP contribution in [0, 0.1) is 6.92 Å². The molecule has 1 fully saturated rings. The summed E-state index contributed by atoms with van der Waals surface area (Å²) in [6.45, 7) is 1.63. The van der Waals surface area contributed by atoms with Crippen molar-refractivity contribution in [1.29, 1.82) is 0 Å². The van der Waals surface area contributed by atoms with Gasteiger partial charge >= 0.3 is 0 Å². The van der Waals surface area contributed by atoms with E-state index < -0.39 is 16.4 Å². The maximum absolute atomic E-state index is 12.5. The Labute approximate surface area is 160 Å². The van der Waals surface area contributed by atoms with Gasteiger partial charge in [0.15, 0.2) is 5.78 Å². The van der Waals surface area contributed by atoms with Gasteiger partial charge in [-0.15, -0.1) is 0 Å². The number of nitrogens with one attached hydrogen (secondary N) is 1. The number of thioether (sulfide) groups is 1. The summed E-state index contributed by atoms with van der Waals surface area (Å²) < 4.78 is 0. The van der Waals surface area contributed by atoms with Crippen LogP contribution in [0.3, 0.4) is 0 Å². The number of benzene rings is 2. The zero-order valence-electron chi connectivity index (χ0n) is 14.7. The van der Waals surface area contributed by atoms with Gasteiger partial charge in [0, 0.05) is 17.7 Å². The van der Waals surface area contributed by atoms with Gasteiger partial charge in [0.05, 0.1) is 6.54 Å². The van der Waals surface area contributed by atoms with E-state index in [2.05, 4.69) is 5.32 Å². The first-order valence-electron chi connectivity index (χ1n) is 8.41. The van der Waals surface area contributed by atoms with E-state index in [1.807, 2.05) is 19.1 Å². The van der Waals surface area contributed by atoms with Gasteiger partial charge in [0.2, 0.25) is 11.8 Å². The molecule has 27 heavy (non-hydrogen) atoms. The lowest BCUT2D eigenvalue weighted by Crippen LogP contribution is -2.36. The standard InChI is InChI=1S/C20H18N2O4S/c1-13-7-9-15(10-8-13)21-18(24)11-17-19(25)22(20(26)27-17)12-16(23)14-5-3-2-4-6-14/h2-10,17H,11-12H2,1H3,(H,21,24). The Bertz CT molecular complexity index is 881. The average Bonchev–Trinajstić information content (AvgIpc) is 2.91. The molecule has 1 atom stereocenters. The first kappa shape index (κ1) is 18.8. The molecule has 1 aliphatic heterocycles. The number of carbonyl (C=O) groups is 4. The van der Waals surface area contributed by atoms with E-state index in [1.165, 1.54) is 0 Å². The van der Waals surface area contributed by atoms with E-state index in [9.17, 15) is 19.2 Å². The summed E-state index contributed by atoms with van der Waals surface area (Å²) in [5.41, 5.74) is 2.13. The summed E-state index contributed by atoms with van der Waals surface area (Å²) in [4.78, 5) is 49.9. The number of ketones is 1. The Morgan fingerprint density at radius 1 is 1.04 bits per heavy atom. The van der Waals surface area contributed by atoms with Crippen LogP contribution in [-0.4, -0.2) is 39.5 Å². The first-order valence-corrected chi connectivity index (χ1v) is 9.29. The van der Waals surface area contributed by atoms with Crippen molar-refractivity contribution in [1.82, 2.24) is 4.90 Å². The second-order valence-corrected chi connectivity index (χ2v) is 7.36. The van der Waals surface area contributed by atoms with Crippen molar-refractivity contribution in [2.45, 2.75) is 18.6 Å². The van der Waals surface area contributed by atoms with Crippen molar-refractivity contribution < 1.29 is 19.2 Å². The lowest BCUT2D eigenvalue weighted by molar-refractivity contribution is -0.128. The largest absolute Gasteiger partial charge is 0.326 e. The maximum Gasteiger partial charge on any atom is 0.289 e. The molecule has 0 bridgehead atoms. The van der Waals surface area contributed by atoms with E-state index in [-0.39, 0.29) is 24.7 Å². The third kappa shape index (κ3) is 4.62. The molecule has 0 aromatic heterocycles. The summed E-state index contributed by atoms with van der Waals surface area (Å²) in [6, 6.07) is 15.7. The Morgan fingerprint density at radius 2 is 1.70 bits per heavy atom. The van der Waals surface area contributed by atoms with Gasteiger partial charge in [-0.2, -0.15) is 0 Å². The maximum atomic E-state index is 12.5. The molecule has 3 amide bonds.